The lowest BCUT2D eigenvalue weighted by molar-refractivity contribution is 0.140. The van der Waals surface area contributed by atoms with Gasteiger partial charge in [-0.15, -0.1) is 0 Å². The van der Waals surface area contributed by atoms with Gasteiger partial charge in [0.1, 0.15) is 0 Å². The lowest BCUT2D eigenvalue weighted by atomic mass is 10.0. The molecule has 2 unspecified atom stereocenters. The quantitative estimate of drug-likeness (QED) is 0.774. The van der Waals surface area contributed by atoms with Crippen molar-refractivity contribution in [2.75, 3.05) is 13.7 Å². The molecule has 2 heteroatoms. The summed E-state index contributed by atoms with van der Waals surface area (Å²) < 4.78 is 5.28. The van der Waals surface area contributed by atoms with Gasteiger partial charge in [-0.25, -0.2) is 0 Å². The topological polar surface area (TPSA) is 21.3 Å². The van der Waals surface area contributed by atoms with Crippen molar-refractivity contribution >= 4 is 0 Å². The molecule has 0 saturated heterocycles. The SMILES string of the molecule is COCC(NC(C)CCc1cccc(C)c1)C(C)C. The predicted octanol–water partition coefficient (Wildman–Crippen LogP) is 3.58. The summed E-state index contributed by atoms with van der Waals surface area (Å²) in [7, 11) is 1.77. The summed E-state index contributed by atoms with van der Waals surface area (Å²) >= 11 is 0. The molecule has 1 aromatic carbocycles. The minimum Gasteiger partial charge on any atom is -0.383 e. The Morgan fingerprint density at radius 3 is 2.53 bits per heavy atom. The van der Waals surface area contributed by atoms with Crippen LogP contribution in [0.25, 0.3) is 0 Å². The van der Waals surface area contributed by atoms with E-state index >= 15 is 0 Å². The third-order valence-electron chi connectivity index (χ3n) is 3.60. The Morgan fingerprint density at radius 1 is 1.21 bits per heavy atom. The molecular formula is C17H29NO. The zero-order valence-corrected chi connectivity index (χ0v) is 13.1. The average Bonchev–Trinajstić information content (AvgIpc) is 2.36. The molecular weight excluding hydrogens is 234 g/mol. The summed E-state index contributed by atoms with van der Waals surface area (Å²) in [6.45, 7) is 9.68. The number of ether oxygens (including phenoxy) is 1. The Kier molecular flexibility index (Phi) is 7.11. The van der Waals surface area contributed by atoms with Gasteiger partial charge >= 0.3 is 0 Å². The Morgan fingerprint density at radius 2 is 1.95 bits per heavy atom. The molecule has 0 amide bonds. The number of nitrogens with one attached hydrogen (secondary N) is 1. The van der Waals surface area contributed by atoms with E-state index in [1.807, 2.05) is 0 Å². The Hall–Kier alpha value is -0.860. The van der Waals surface area contributed by atoms with Crippen LogP contribution in [0.3, 0.4) is 0 Å². The summed E-state index contributed by atoms with van der Waals surface area (Å²) in [4.78, 5) is 0. The summed E-state index contributed by atoms with van der Waals surface area (Å²) in [6, 6.07) is 9.75. The van der Waals surface area contributed by atoms with E-state index in [1.165, 1.54) is 11.1 Å². The van der Waals surface area contributed by atoms with E-state index < -0.39 is 0 Å². The molecule has 0 bridgehead atoms. The Balaban J connectivity index is 2.40. The maximum atomic E-state index is 5.28. The highest BCUT2D eigenvalue weighted by molar-refractivity contribution is 5.22. The van der Waals surface area contributed by atoms with Crippen molar-refractivity contribution in [2.45, 2.75) is 52.6 Å². The second kappa shape index (κ2) is 8.34. The van der Waals surface area contributed by atoms with Gasteiger partial charge in [0.2, 0.25) is 0 Å². The molecule has 1 aromatic rings. The summed E-state index contributed by atoms with van der Waals surface area (Å²) in [5, 5.41) is 3.68. The van der Waals surface area contributed by atoms with Crippen molar-refractivity contribution in [1.82, 2.24) is 5.32 Å². The molecule has 0 aliphatic heterocycles. The van der Waals surface area contributed by atoms with E-state index in [1.54, 1.807) is 7.11 Å². The maximum Gasteiger partial charge on any atom is 0.0618 e. The van der Waals surface area contributed by atoms with Crippen LogP contribution in [0, 0.1) is 12.8 Å². The Bertz CT molecular complexity index is 362. The fourth-order valence-electron chi connectivity index (χ4n) is 2.31. The molecule has 0 saturated carbocycles. The van der Waals surface area contributed by atoms with Crippen molar-refractivity contribution in [1.29, 1.82) is 0 Å². The third-order valence-corrected chi connectivity index (χ3v) is 3.60. The fraction of sp³-hybridized carbons (Fsp3) is 0.647. The largest absolute Gasteiger partial charge is 0.383 e. The van der Waals surface area contributed by atoms with Crippen molar-refractivity contribution in [3.05, 3.63) is 35.4 Å². The van der Waals surface area contributed by atoms with Gasteiger partial charge in [-0.3, -0.25) is 0 Å². The standard InChI is InChI=1S/C17H29NO/c1-13(2)17(12-19-5)18-15(4)9-10-16-8-6-7-14(3)11-16/h6-8,11,13,15,17-18H,9-10,12H2,1-5H3. The molecule has 0 aliphatic rings. The monoisotopic (exact) mass is 263 g/mol. The van der Waals surface area contributed by atoms with E-state index in [2.05, 4.69) is 57.3 Å². The first kappa shape index (κ1) is 16.2. The smallest absolute Gasteiger partial charge is 0.0618 e. The van der Waals surface area contributed by atoms with Crippen LogP contribution >= 0.6 is 0 Å². The molecule has 2 atom stereocenters. The molecule has 1 N–H and O–H groups in total. The third kappa shape index (κ3) is 6.22. The lowest BCUT2D eigenvalue weighted by Gasteiger charge is -2.26. The highest BCUT2D eigenvalue weighted by atomic mass is 16.5. The molecule has 0 heterocycles. The van der Waals surface area contributed by atoms with Crippen molar-refractivity contribution in [3.63, 3.8) is 0 Å². The number of rotatable bonds is 8. The molecule has 2 nitrogen and oxygen atoms in total. The zero-order valence-electron chi connectivity index (χ0n) is 13.1. The van der Waals surface area contributed by atoms with Gasteiger partial charge < -0.3 is 10.1 Å². The van der Waals surface area contributed by atoms with Crippen LogP contribution in [0.4, 0.5) is 0 Å². The molecule has 1 rings (SSSR count). The second-order valence-electron chi connectivity index (χ2n) is 5.90. The minimum absolute atomic E-state index is 0.442. The minimum atomic E-state index is 0.442. The van der Waals surface area contributed by atoms with Crippen LogP contribution in [0.5, 0.6) is 0 Å². The van der Waals surface area contributed by atoms with E-state index in [-0.39, 0.29) is 0 Å². The zero-order chi connectivity index (χ0) is 14.3. The number of hydrogen-bond acceptors (Lipinski definition) is 2. The van der Waals surface area contributed by atoms with Crippen LogP contribution < -0.4 is 5.32 Å². The van der Waals surface area contributed by atoms with Crippen LogP contribution in [0.15, 0.2) is 24.3 Å². The number of benzene rings is 1. The van der Waals surface area contributed by atoms with Crippen LogP contribution in [0.2, 0.25) is 0 Å². The number of aryl methyl sites for hydroxylation is 2. The second-order valence-corrected chi connectivity index (χ2v) is 5.90. The van der Waals surface area contributed by atoms with Crippen LogP contribution in [0.1, 0.15) is 38.3 Å². The van der Waals surface area contributed by atoms with Gasteiger partial charge in [-0.05, 0) is 38.2 Å². The van der Waals surface area contributed by atoms with Crippen molar-refractivity contribution in [3.8, 4) is 0 Å². The number of hydrogen-bond donors (Lipinski definition) is 1. The highest BCUT2D eigenvalue weighted by Gasteiger charge is 2.15. The van der Waals surface area contributed by atoms with E-state index in [9.17, 15) is 0 Å². The summed E-state index contributed by atoms with van der Waals surface area (Å²) in [6.07, 6.45) is 2.30. The molecule has 0 aliphatic carbocycles. The van der Waals surface area contributed by atoms with Gasteiger partial charge in [0.15, 0.2) is 0 Å². The molecule has 108 valence electrons. The van der Waals surface area contributed by atoms with Crippen LogP contribution in [-0.2, 0) is 11.2 Å². The number of methoxy groups -OCH3 is 1. The summed E-state index contributed by atoms with van der Waals surface area (Å²) in [5.41, 5.74) is 2.78. The fourth-order valence-corrected chi connectivity index (χ4v) is 2.31. The van der Waals surface area contributed by atoms with Crippen molar-refractivity contribution < 1.29 is 4.74 Å². The Labute approximate surface area is 118 Å². The van der Waals surface area contributed by atoms with Gasteiger partial charge in [0.25, 0.3) is 0 Å². The summed E-state index contributed by atoms with van der Waals surface area (Å²) in [5.74, 6) is 0.598. The molecule has 0 radical (unpaired) electrons. The molecule has 19 heavy (non-hydrogen) atoms. The molecule has 0 fully saturated rings. The van der Waals surface area contributed by atoms with Gasteiger partial charge in [0, 0.05) is 19.2 Å². The lowest BCUT2D eigenvalue weighted by Crippen LogP contribution is -2.43. The first-order chi connectivity index (χ1) is 9.02. The van der Waals surface area contributed by atoms with E-state index in [4.69, 9.17) is 4.74 Å². The first-order valence-electron chi connectivity index (χ1n) is 7.33. The van der Waals surface area contributed by atoms with Crippen molar-refractivity contribution in [2.24, 2.45) is 5.92 Å². The van der Waals surface area contributed by atoms with Crippen LogP contribution in [-0.4, -0.2) is 25.8 Å². The van der Waals surface area contributed by atoms with E-state index in [0.29, 0.717) is 18.0 Å². The molecule has 0 spiro atoms. The molecule has 0 aromatic heterocycles. The van der Waals surface area contributed by atoms with Gasteiger partial charge in [-0.2, -0.15) is 0 Å². The first-order valence-corrected chi connectivity index (χ1v) is 7.33. The maximum absolute atomic E-state index is 5.28. The van der Waals surface area contributed by atoms with E-state index in [0.717, 1.165) is 19.4 Å². The predicted molar refractivity (Wildman–Crippen MR) is 82.6 cm³/mol. The normalized spacial score (nSPS) is 14.6. The van der Waals surface area contributed by atoms with Gasteiger partial charge in [0.05, 0.1) is 6.61 Å². The highest BCUT2D eigenvalue weighted by Crippen LogP contribution is 2.10. The average molecular weight is 263 g/mol. The van der Waals surface area contributed by atoms with Gasteiger partial charge in [-0.1, -0.05) is 43.7 Å².